The maximum atomic E-state index is 12.2. The Morgan fingerprint density at radius 3 is 2.53 bits per heavy atom. The van der Waals surface area contributed by atoms with Crippen LogP contribution in [0.5, 0.6) is 0 Å². The fraction of sp³-hybridized carbons (Fsp3) is 0.917. The average Bonchev–Trinajstić information content (AvgIpc) is 2.15. The van der Waals surface area contributed by atoms with Gasteiger partial charge in [0.25, 0.3) is 0 Å². The van der Waals surface area contributed by atoms with Gasteiger partial charge < -0.3 is 9.64 Å². The Kier molecular flexibility index (Phi) is 3.77. The second-order valence-electron chi connectivity index (χ2n) is 5.41. The quantitative estimate of drug-likeness (QED) is 0.667. The van der Waals surface area contributed by atoms with Crippen LogP contribution in [0.3, 0.4) is 0 Å². The molecule has 0 aromatic carbocycles. The van der Waals surface area contributed by atoms with Crippen molar-refractivity contribution < 1.29 is 9.53 Å². The molecular weight excluding hydrogens is 190 g/mol. The van der Waals surface area contributed by atoms with E-state index in [0.717, 1.165) is 13.0 Å². The fourth-order valence-corrected chi connectivity index (χ4v) is 1.86. The molecule has 0 spiro atoms. The molecular formula is C12H23NO2. The highest BCUT2D eigenvalue weighted by atomic mass is 16.5. The van der Waals surface area contributed by atoms with Crippen molar-refractivity contribution >= 4 is 5.91 Å². The van der Waals surface area contributed by atoms with Gasteiger partial charge in [0.2, 0.25) is 5.91 Å². The standard InChI is InChI=1S/C12H23NO2/c1-6-10-8-15-9(2)7-13(10)11(14)12(3,4)5/h9-10H,6-8H2,1-5H3. The lowest BCUT2D eigenvalue weighted by Crippen LogP contribution is -2.54. The van der Waals surface area contributed by atoms with Crippen LogP contribution in [0, 0.1) is 5.41 Å². The number of nitrogens with zero attached hydrogens (tertiary/aromatic N) is 1. The Morgan fingerprint density at radius 2 is 2.07 bits per heavy atom. The first kappa shape index (κ1) is 12.5. The molecule has 1 heterocycles. The minimum absolute atomic E-state index is 0.166. The maximum absolute atomic E-state index is 12.2. The SMILES string of the molecule is CCC1COC(C)CN1C(=O)C(C)(C)C. The third-order valence-corrected chi connectivity index (χ3v) is 2.84. The third kappa shape index (κ3) is 2.94. The van der Waals surface area contributed by atoms with Gasteiger partial charge in [0.05, 0.1) is 18.8 Å². The monoisotopic (exact) mass is 213 g/mol. The number of hydrogen-bond donors (Lipinski definition) is 0. The van der Waals surface area contributed by atoms with Gasteiger partial charge in [0, 0.05) is 12.0 Å². The van der Waals surface area contributed by atoms with Crippen LogP contribution in [0.25, 0.3) is 0 Å². The molecule has 1 aliphatic heterocycles. The van der Waals surface area contributed by atoms with Crippen molar-refractivity contribution in [2.45, 2.75) is 53.2 Å². The summed E-state index contributed by atoms with van der Waals surface area (Å²) in [5, 5.41) is 0. The first-order valence-corrected chi connectivity index (χ1v) is 5.79. The van der Waals surface area contributed by atoms with E-state index >= 15 is 0 Å². The molecule has 0 aromatic heterocycles. The summed E-state index contributed by atoms with van der Waals surface area (Å²) < 4.78 is 5.58. The van der Waals surface area contributed by atoms with Gasteiger partial charge in [-0.2, -0.15) is 0 Å². The third-order valence-electron chi connectivity index (χ3n) is 2.84. The zero-order valence-electron chi connectivity index (χ0n) is 10.5. The highest BCUT2D eigenvalue weighted by Crippen LogP contribution is 2.23. The Bertz CT molecular complexity index is 232. The number of carbonyl (C=O) groups is 1. The molecule has 0 aromatic rings. The molecule has 1 amide bonds. The van der Waals surface area contributed by atoms with E-state index in [1.165, 1.54) is 0 Å². The summed E-state index contributed by atoms with van der Waals surface area (Å²) in [4.78, 5) is 14.2. The van der Waals surface area contributed by atoms with Crippen LogP contribution in [0.15, 0.2) is 0 Å². The van der Waals surface area contributed by atoms with Crippen molar-refractivity contribution in [2.24, 2.45) is 5.41 Å². The molecule has 15 heavy (non-hydrogen) atoms. The predicted octanol–water partition coefficient (Wildman–Crippen LogP) is 2.06. The summed E-state index contributed by atoms with van der Waals surface area (Å²) in [5.41, 5.74) is -0.287. The van der Waals surface area contributed by atoms with Gasteiger partial charge in [-0.3, -0.25) is 4.79 Å². The summed E-state index contributed by atoms with van der Waals surface area (Å²) in [7, 11) is 0. The van der Waals surface area contributed by atoms with Crippen LogP contribution in [0.4, 0.5) is 0 Å². The van der Waals surface area contributed by atoms with E-state index < -0.39 is 0 Å². The lowest BCUT2D eigenvalue weighted by Gasteiger charge is -2.41. The van der Waals surface area contributed by atoms with Crippen LogP contribution < -0.4 is 0 Å². The number of rotatable bonds is 1. The van der Waals surface area contributed by atoms with Crippen LogP contribution in [0.2, 0.25) is 0 Å². The van der Waals surface area contributed by atoms with Gasteiger partial charge >= 0.3 is 0 Å². The highest BCUT2D eigenvalue weighted by Gasteiger charge is 2.34. The van der Waals surface area contributed by atoms with Crippen molar-refractivity contribution in [3.63, 3.8) is 0 Å². The van der Waals surface area contributed by atoms with E-state index in [0.29, 0.717) is 6.61 Å². The Balaban J connectivity index is 2.75. The second-order valence-corrected chi connectivity index (χ2v) is 5.41. The molecule has 88 valence electrons. The zero-order chi connectivity index (χ0) is 11.6. The van der Waals surface area contributed by atoms with E-state index in [1.807, 2.05) is 32.6 Å². The van der Waals surface area contributed by atoms with Crippen LogP contribution >= 0.6 is 0 Å². The van der Waals surface area contributed by atoms with Gasteiger partial charge in [-0.05, 0) is 13.3 Å². The number of hydrogen-bond acceptors (Lipinski definition) is 2. The Labute approximate surface area is 92.8 Å². The van der Waals surface area contributed by atoms with Crippen LogP contribution in [-0.2, 0) is 9.53 Å². The van der Waals surface area contributed by atoms with Crippen LogP contribution in [0.1, 0.15) is 41.0 Å². The van der Waals surface area contributed by atoms with Gasteiger partial charge in [-0.1, -0.05) is 27.7 Å². The molecule has 0 N–H and O–H groups in total. The fourth-order valence-electron chi connectivity index (χ4n) is 1.86. The summed E-state index contributed by atoms with van der Waals surface area (Å²) >= 11 is 0. The number of carbonyl (C=O) groups excluding carboxylic acids is 1. The van der Waals surface area contributed by atoms with Gasteiger partial charge in [0.15, 0.2) is 0 Å². The molecule has 0 radical (unpaired) electrons. The number of ether oxygens (including phenoxy) is 1. The smallest absolute Gasteiger partial charge is 0.228 e. The van der Waals surface area contributed by atoms with Gasteiger partial charge in [0.1, 0.15) is 0 Å². The van der Waals surface area contributed by atoms with Gasteiger partial charge in [-0.15, -0.1) is 0 Å². The molecule has 2 unspecified atom stereocenters. The minimum Gasteiger partial charge on any atom is -0.375 e. The lowest BCUT2D eigenvalue weighted by atomic mass is 9.93. The van der Waals surface area contributed by atoms with Crippen molar-refractivity contribution in [1.29, 1.82) is 0 Å². The van der Waals surface area contributed by atoms with E-state index in [9.17, 15) is 4.79 Å². The molecule has 1 rings (SSSR count). The first-order chi connectivity index (χ1) is 6.86. The minimum atomic E-state index is -0.287. The first-order valence-electron chi connectivity index (χ1n) is 5.79. The van der Waals surface area contributed by atoms with E-state index in [2.05, 4.69) is 6.92 Å². The van der Waals surface area contributed by atoms with Crippen molar-refractivity contribution in [1.82, 2.24) is 4.90 Å². The second kappa shape index (κ2) is 4.52. The maximum Gasteiger partial charge on any atom is 0.228 e. The summed E-state index contributed by atoms with van der Waals surface area (Å²) in [6.07, 6.45) is 1.13. The summed E-state index contributed by atoms with van der Waals surface area (Å²) in [6.45, 7) is 11.5. The molecule has 1 aliphatic rings. The summed E-state index contributed by atoms with van der Waals surface area (Å²) in [5.74, 6) is 0.240. The molecule has 1 fully saturated rings. The van der Waals surface area contributed by atoms with E-state index in [4.69, 9.17) is 4.74 Å². The molecule has 2 atom stereocenters. The van der Waals surface area contributed by atoms with Crippen molar-refractivity contribution in [2.75, 3.05) is 13.2 Å². The Hall–Kier alpha value is -0.570. The normalized spacial score (nSPS) is 27.9. The summed E-state index contributed by atoms with van der Waals surface area (Å²) in [6, 6.07) is 0.257. The van der Waals surface area contributed by atoms with Crippen molar-refractivity contribution in [3.05, 3.63) is 0 Å². The molecule has 1 saturated heterocycles. The molecule has 3 nitrogen and oxygen atoms in total. The number of morpholine rings is 1. The van der Waals surface area contributed by atoms with Crippen molar-refractivity contribution in [3.8, 4) is 0 Å². The molecule has 3 heteroatoms. The molecule has 0 aliphatic carbocycles. The highest BCUT2D eigenvalue weighted by molar-refractivity contribution is 5.82. The molecule has 0 saturated carbocycles. The zero-order valence-corrected chi connectivity index (χ0v) is 10.5. The molecule has 0 bridgehead atoms. The Morgan fingerprint density at radius 1 is 1.47 bits per heavy atom. The number of amides is 1. The van der Waals surface area contributed by atoms with Gasteiger partial charge in [-0.25, -0.2) is 0 Å². The van der Waals surface area contributed by atoms with E-state index in [-0.39, 0.29) is 23.5 Å². The lowest BCUT2D eigenvalue weighted by molar-refractivity contribution is -0.152. The van der Waals surface area contributed by atoms with E-state index in [1.54, 1.807) is 0 Å². The topological polar surface area (TPSA) is 29.5 Å². The average molecular weight is 213 g/mol. The largest absolute Gasteiger partial charge is 0.375 e. The van der Waals surface area contributed by atoms with Crippen LogP contribution in [-0.4, -0.2) is 36.1 Å². The predicted molar refractivity (Wildman–Crippen MR) is 60.7 cm³/mol.